The summed E-state index contributed by atoms with van der Waals surface area (Å²) in [5, 5.41) is 9.08. The Kier molecular flexibility index (Phi) is 2.27. The Morgan fingerprint density at radius 1 is 1.75 bits per heavy atom. The van der Waals surface area contributed by atoms with E-state index >= 15 is 0 Å². The van der Waals surface area contributed by atoms with Crippen LogP contribution in [0.1, 0.15) is 33.1 Å². The zero-order chi connectivity index (χ0) is 9.35. The van der Waals surface area contributed by atoms with Gasteiger partial charge in [-0.2, -0.15) is 0 Å². The van der Waals surface area contributed by atoms with Crippen molar-refractivity contribution >= 4 is 5.97 Å². The van der Waals surface area contributed by atoms with E-state index in [4.69, 9.17) is 5.11 Å². The fourth-order valence-corrected chi connectivity index (χ4v) is 1.88. The van der Waals surface area contributed by atoms with Gasteiger partial charge in [-0.1, -0.05) is 19.1 Å². The molecule has 0 aromatic rings. The lowest BCUT2D eigenvalue weighted by Gasteiger charge is -2.37. The first-order valence-corrected chi connectivity index (χ1v) is 4.41. The summed E-state index contributed by atoms with van der Waals surface area (Å²) in [6.45, 7) is 7.65. The van der Waals surface area contributed by atoms with E-state index in [1.807, 2.05) is 6.92 Å². The minimum absolute atomic E-state index is 0.219. The lowest BCUT2D eigenvalue weighted by atomic mass is 9.66. The smallest absolute Gasteiger partial charge is 0.313 e. The largest absolute Gasteiger partial charge is 0.481 e. The third-order valence-corrected chi connectivity index (χ3v) is 3.28. The second-order valence-electron chi connectivity index (χ2n) is 3.90. The van der Waals surface area contributed by atoms with Gasteiger partial charge in [0.15, 0.2) is 0 Å². The van der Waals surface area contributed by atoms with Gasteiger partial charge >= 0.3 is 5.97 Å². The van der Waals surface area contributed by atoms with Gasteiger partial charge in [0, 0.05) is 0 Å². The summed E-state index contributed by atoms with van der Waals surface area (Å²) < 4.78 is 0. The maximum atomic E-state index is 11.0. The minimum atomic E-state index is -0.722. The van der Waals surface area contributed by atoms with Crippen LogP contribution in [0.5, 0.6) is 0 Å². The highest BCUT2D eigenvalue weighted by molar-refractivity contribution is 5.78. The van der Waals surface area contributed by atoms with E-state index in [0.29, 0.717) is 0 Å². The molecule has 1 rings (SSSR count). The molecule has 0 amide bonds. The van der Waals surface area contributed by atoms with Crippen LogP contribution in [0.2, 0.25) is 0 Å². The van der Waals surface area contributed by atoms with Crippen molar-refractivity contribution in [2.24, 2.45) is 11.3 Å². The van der Waals surface area contributed by atoms with E-state index in [2.05, 4.69) is 6.58 Å². The molecule has 0 aromatic carbocycles. The van der Waals surface area contributed by atoms with Crippen molar-refractivity contribution in [1.82, 2.24) is 0 Å². The van der Waals surface area contributed by atoms with Crippen LogP contribution in [0.4, 0.5) is 0 Å². The van der Waals surface area contributed by atoms with Crippen LogP contribution in [0.3, 0.4) is 0 Å². The monoisotopic (exact) mass is 168 g/mol. The molecule has 0 aromatic heterocycles. The fourth-order valence-electron chi connectivity index (χ4n) is 1.88. The molecule has 1 aliphatic carbocycles. The van der Waals surface area contributed by atoms with E-state index in [1.54, 1.807) is 6.92 Å². The second-order valence-corrected chi connectivity index (χ2v) is 3.90. The predicted molar refractivity (Wildman–Crippen MR) is 47.9 cm³/mol. The molecule has 0 heterocycles. The third kappa shape index (κ3) is 1.15. The summed E-state index contributed by atoms with van der Waals surface area (Å²) in [5.41, 5.74) is 0.201. The number of hydrogen-bond donors (Lipinski definition) is 1. The first-order chi connectivity index (χ1) is 5.49. The molecule has 2 unspecified atom stereocenters. The molecule has 0 radical (unpaired) electrons. The average Bonchev–Trinajstić information content (AvgIpc) is 1.99. The molecule has 0 spiro atoms. The molecule has 68 valence electrons. The summed E-state index contributed by atoms with van der Waals surface area (Å²) in [4.78, 5) is 11.0. The quantitative estimate of drug-likeness (QED) is 0.610. The summed E-state index contributed by atoms with van der Waals surface area (Å²) in [6, 6.07) is 0. The van der Waals surface area contributed by atoms with E-state index in [-0.39, 0.29) is 5.92 Å². The number of carboxylic acids is 1. The van der Waals surface area contributed by atoms with E-state index < -0.39 is 11.4 Å². The maximum absolute atomic E-state index is 11.0. The summed E-state index contributed by atoms with van der Waals surface area (Å²) in [6.07, 6.45) is 2.96. The van der Waals surface area contributed by atoms with Gasteiger partial charge < -0.3 is 5.11 Å². The lowest BCUT2D eigenvalue weighted by Crippen LogP contribution is -2.38. The Balaban J connectivity index is 2.95. The van der Waals surface area contributed by atoms with Gasteiger partial charge in [-0.3, -0.25) is 4.79 Å². The molecule has 12 heavy (non-hydrogen) atoms. The third-order valence-electron chi connectivity index (χ3n) is 3.28. The van der Waals surface area contributed by atoms with Gasteiger partial charge in [0.05, 0.1) is 5.41 Å². The maximum Gasteiger partial charge on any atom is 0.313 e. The van der Waals surface area contributed by atoms with Crippen molar-refractivity contribution in [1.29, 1.82) is 0 Å². The molecule has 1 saturated carbocycles. The molecule has 1 fully saturated rings. The number of hydrogen-bond acceptors (Lipinski definition) is 1. The molecule has 2 nitrogen and oxygen atoms in total. The molecular weight excluding hydrogens is 152 g/mol. The van der Waals surface area contributed by atoms with Gasteiger partial charge in [-0.25, -0.2) is 0 Å². The van der Waals surface area contributed by atoms with Crippen molar-refractivity contribution in [2.75, 3.05) is 0 Å². The molecule has 2 atom stereocenters. The Morgan fingerprint density at radius 2 is 2.33 bits per heavy atom. The molecular formula is C10H16O2. The highest BCUT2D eigenvalue weighted by Crippen LogP contribution is 2.43. The van der Waals surface area contributed by atoms with Crippen LogP contribution in [-0.4, -0.2) is 11.1 Å². The molecule has 1 N–H and O–H groups in total. The van der Waals surface area contributed by atoms with Crippen molar-refractivity contribution < 1.29 is 9.90 Å². The lowest BCUT2D eigenvalue weighted by molar-refractivity contribution is -0.149. The van der Waals surface area contributed by atoms with Crippen LogP contribution >= 0.6 is 0 Å². The van der Waals surface area contributed by atoms with Crippen molar-refractivity contribution in [3.8, 4) is 0 Å². The Bertz CT molecular complexity index is 220. The van der Waals surface area contributed by atoms with Crippen LogP contribution in [0, 0.1) is 11.3 Å². The Hall–Kier alpha value is -0.790. The van der Waals surface area contributed by atoms with Crippen LogP contribution in [-0.2, 0) is 4.79 Å². The molecule has 0 saturated heterocycles. The topological polar surface area (TPSA) is 37.3 Å². The van der Waals surface area contributed by atoms with E-state index in [1.165, 1.54) is 0 Å². The molecule has 0 bridgehead atoms. The summed E-state index contributed by atoms with van der Waals surface area (Å²) in [7, 11) is 0. The average molecular weight is 168 g/mol. The predicted octanol–water partition coefficient (Wildman–Crippen LogP) is 2.45. The van der Waals surface area contributed by atoms with Gasteiger partial charge in [0.2, 0.25) is 0 Å². The van der Waals surface area contributed by atoms with Gasteiger partial charge in [-0.05, 0) is 32.1 Å². The fraction of sp³-hybridized carbons (Fsp3) is 0.700. The molecule has 1 aliphatic rings. The number of rotatable bonds is 1. The zero-order valence-electron chi connectivity index (χ0n) is 7.76. The zero-order valence-corrected chi connectivity index (χ0v) is 7.76. The second kappa shape index (κ2) is 2.92. The summed E-state index contributed by atoms with van der Waals surface area (Å²) >= 11 is 0. The van der Waals surface area contributed by atoms with Gasteiger partial charge in [0.25, 0.3) is 0 Å². The van der Waals surface area contributed by atoms with E-state index in [0.717, 1.165) is 24.8 Å². The highest BCUT2D eigenvalue weighted by atomic mass is 16.4. The van der Waals surface area contributed by atoms with Crippen molar-refractivity contribution in [3.05, 3.63) is 12.2 Å². The van der Waals surface area contributed by atoms with Crippen LogP contribution in [0.15, 0.2) is 12.2 Å². The van der Waals surface area contributed by atoms with Gasteiger partial charge in [-0.15, -0.1) is 0 Å². The standard InChI is InChI=1S/C10H16O2/c1-7-5-4-6-8(2)10(7,3)9(11)12/h8H,1,4-6H2,2-3H3,(H,11,12). The van der Waals surface area contributed by atoms with Crippen molar-refractivity contribution in [3.63, 3.8) is 0 Å². The minimum Gasteiger partial charge on any atom is -0.481 e. The molecule has 0 aliphatic heterocycles. The van der Waals surface area contributed by atoms with Crippen LogP contribution in [0.25, 0.3) is 0 Å². The number of carboxylic acid groups (broad SMARTS) is 1. The van der Waals surface area contributed by atoms with Crippen LogP contribution < -0.4 is 0 Å². The SMILES string of the molecule is C=C1CCCC(C)C1(C)C(=O)O. The number of aliphatic carboxylic acids is 1. The van der Waals surface area contributed by atoms with E-state index in [9.17, 15) is 4.79 Å². The Labute approximate surface area is 73.3 Å². The first-order valence-electron chi connectivity index (χ1n) is 4.41. The number of carbonyl (C=O) groups is 1. The Morgan fingerprint density at radius 3 is 2.67 bits per heavy atom. The first kappa shape index (κ1) is 9.30. The van der Waals surface area contributed by atoms with Crippen molar-refractivity contribution in [2.45, 2.75) is 33.1 Å². The van der Waals surface area contributed by atoms with Gasteiger partial charge in [0.1, 0.15) is 0 Å². The highest BCUT2D eigenvalue weighted by Gasteiger charge is 2.43. The normalized spacial score (nSPS) is 36.5. The summed E-state index contributed by atoms with van der Waals surface area (Å²) in [5.74, 6) is -0.504. The molecule has 2 heteroatoms.